The van der Waals surface area contributed by atoms with Gasteiger partial charge in [-0.25, -0.2) is 4.68 Å². The Labute approximate surface area is 186 Å². The molecule has 164 valence electrons. The first-order valence-electron chi connectivity index (χ1n) is 9.72. The van der Waals surface area contributed by atoms with Gasteiger partial charge in [0.2, 0.25) is 5.91 Å². The Morgan fingerprint density at radius 3 is 2.53 bits per heavy atom. The fourth-order valence-electron chi connectivity index (χ4n) is 3.28. The summed E-state index contributed by atoms with van der Waals surface area (Å²) in [4.78, 5) is 37.0. The molecule has 10 nitrogen and oxygen atoms in total. The minimum atomic E-state index is -0.519. The standard InChI is InChI=1S/C21H20N6O4S/c1-21(2,3)26-19-15(11-22-26)18(16-5-4-10-32-16)24-25(20(19)29)12-17(28)23-13-6-8-14(9-7-13)27(30)31/h4-11H,12H2,1-3H3,(H,23,28). The van der Waals surface area contributed by atoms with Gasteiger partial charge < -0.3 is 5.32 Å². The predicted molar refractivity (Wildman–Crippen MR) is 122 cm³/mol. The molecule has 32 heavy (non-hydrogen) atoms. The van der Waals surface area contributed by atoms with Crippen LogP contribution in [0.2, 0.25) is 0 Å². The number of fused-ring (bicyclic) bond motifs is 1. The molecule has 0 aliphatic rings. The maximum atomic E-state index is 13.3. The highest BCUT2D eigenvalue weighted by Gasteiger charge is 2.24. The normalized spacial score (nSPS) is 11.6. The number of rotatable bonds is 5. The van der Waals surface area contributed by atoms with Crippen LogP contribution in [-0.4, -0.2) is 30.4 Å². The maximum Gasteiger partial charge on any atom is 0.293 e. The van der Waals surface area contributed by atoms with Crippen molar-refractivity contribution in [1.29, 1.82) is 0 Å². The molecule has 3 aromatic heterocycles. The summed E-state index contributed by atoms with van der Waals surface area (Å²) in [5.41, 5.74) is 0.377. The highest BCUT2D eigenvalue weighted by Crippen LogP contribution is 2.30. The third-order valence-electron chi connectivity index (χ3n) is 4.73. The molecule has 0 saturated carbocycles. The summed E-state index contributed by atoms with van der Waals surface area (Å²) in [6.45, 7) is 5.50. The molecule has 4 rings (SSSR count). The largest absolute Gasteiger partial charge is 0.324 e. The second-order valence-electron chi connectivity index (χ2n) is 8.13. The van der Waals surface area contributed by atoms with Gasteiger partial charge in [0, 0.05) is 17.8 Å². The van der Waals surface area contributed by atoms with E-state index in [9.17, 15) is 19.7 Å². The average Bonchev–Trinajstić information content (AvgIpc) is 3.40. The minimum Gasteiger partial charge on any atom is -0.324 e. The van der Waals surface area contributed by atoms with Gasteiger partial charge in [-0.05, 0) is 44.4 Å². The number of nitro groups is 1. The van der Waals surface area contributed by atoms with E-state index in [4.69, 9.17) is 0 Å². The number of aromatic nitrogens is 4. The number of nitro benzene ring substituents is 1. The second-order valence-corrected chi connectivity index (χ2v) is 9.08. The van der Waals surface area contributed by atoms with Crippen molar-refractivity contribution >= 4 is 39.5 Å². The van der Waals surface area contributed by atoms with Crippen molar-refractivity contribution in [2.75, 3.05) is 5.32 Å². The van der Waals surface area contributed by atoms with E-state index in [0.29, 0.717) is 22.3 Å². The molecule has 4 aromatic rings. The molecule has 0 fully saturated rings. The van der Waals surface area contributed by atoms with E-state index in [2.05, 4.69) is 15.5 Å². The molecule has 0 radical (unpaired) electrons. The van der Waals surface area contributed by atoms with Crippen LogP contribution in [0.15, 0.2) is 52.8 Å². The van der Waals surface area contributed by atoms with Crippen LogP contribution >= 0.6 is 11.3 Å². The molecule has 1 N–H and O–H groups in total. The number of carbonyl (C=O) groups is 1. The Bertz CT molecular complexity index is 1360. The summed E-state index contributed by atoms with van der Waals surface area (Å²) in [6, 6.07) is 9.24. The number of thiophene rings is 1. The van der Waals surface area contributed by atoms with E-state index in [0.717, 1.165) is 9.56 Å². The SMILES string of the molecule is CC(C)(C)n1ncc2c(-c3cccs3)nn(CC(=O)Nc3ccc([N+](=O)[O-])cc3)c(=O)c21. The van der Waals surface area contributed by atoms with Crippen molar-refractivity contribution in [2.24, 2.45) is 0 Å². The Hall–Kier alpha value is -3.86. The molecule has 11 heteroatoms. The van der Waals surface area contributed by atoms with E-state index in [-0.39, 0.29) is 12.2 Å². The Morgan fingerprint density at radius 1 is 1.22 bits per heavy atom. The lowest BCUT2D eigenvalue weighted by Crippen LogP contribution is -2.33. The van der Waals surface area contributed by atoms with Crippen molar-refractivity contribution in [2.45, 2.75) is 32.9 Å². The lowest BCUT2D eigenvalue weighted by Gasteiger charge is -2.20. The van der Waals surface area contributed by atoms with Crippen LogP contribution < -0.4 is 10.9 Å². The summed E-state index contributed by atoms with van der Waals surface area (Å²) < 4.78 is 2.77. The highest BCUT2D eigenvalue weighted by molar-refractivity contribution is 7.13. The fraction of sp³-hybridized carbons (Fsp3) is 0.238. The summed E-state index contributed by atoms with van der Waals surface area (Å²) in [5.74, 6) is -0.480. The molecule has 0 spiro atoms. The van der Waals surface area contributed by atoms with Crippen molar-refractivity contribution in [1.82, 2.24) is 19.6 Å². The number of anilines is 1. The molecular weight excluding hydrogens is 432 g/mol. The number of benzene rings is 1. The Morgan fingerprint density at radius 2 is 1.94 bits per heavy atom. The van der Waals surface area contributed by atoms with Gasteiger partial charge in [0.25, 0.3) is 11.2 Å². The molecular formula is C21H20N6O4S. The molecule has 3 heterocycles. The number of nitrogens with one attached hydrogen (secondary N) is 1. The van der Waals surface area contributed by atoms with Crippen molar-refractivity contribution in [3.63, 3.8) is 0 Å². The third-order valence-corrected chi connectivity index (χ3v) is 5.60. The Kier molecular flexibility index (Phi) is 5.35. The van der Waals surface area contributed by atoms with Crippen LogP contribution in [0.4, 0.5) is 11.4 Å². The summed E-state index contributed by atoms with van der Waals surface area (Å²) >= 11 is 1.48. The van der Waals surface area contributed by atoms with Crippen LogP contribution in [0.3, 0.4) is 0 Å². The summed E-state index contributed by atoms with van der Waals surface area (Å²) in [5, 5.41) is 24.9. The number of hydrogen-bond acceptors (Lipinski definition) is 7. The molecule has 0 aliphatic heterocycles. The summed E-state index contributed by atoms with van der Waals surface area (Å²) in [6.07, 6.45) is 1.63. The van der Waals surface area contributed by atoms with E-state index in [1.165, 1.54) is 35.6 Å². The van der Waals surface area contributed by atoms with Gasteiger partial charge in [-0.3, -0.25) is 24.4 Å². The van der Waals surface area contributed by atoms with E-state index in [1.807, 2.05) is 38.3 Å². The van der Waals surface area contributed by atoms with Crippen LogP contribution in [-0.2, 0) is 16.9 Å². The van der Waals surface area contributed by atoms with Gasteiger partial charge in [0.15, 0.2) is 0 Å². The van der Waals surface area contributed by atoms with Gasteiger partial charge in [-0.1, -0.05) is 6.07 Å². The lowest BCUT2D eigenvalue weighted by atomic mass is 10.1. The topological polar surface area (TPSA) is 125 Å². The quantitative estimate of drug-likeness (QED) is 0.364. The zero-order chi connectivity index (χ0) is 23.0. The molecule has 1 aromatic carbocycles. The first-order valence-corrected chi connectivity index (χ1v) is 10.6. The van der Waals surface area contributed by atoms with Crippen molar-refractivity contribution in [3.8, 4) is 10.6 Å². The first kappa shape index (κ1) is 21.4. The van der Waals surface area contributed by atoms with E-state index >= 15 is 0 Å². The van der Waals surface area contributed by atoms with Gasteiger partial charge >= 0.3 is 0 Å². The van der Waals surface area contributed by atoms with Crippen LogP contribution in [0.1, 0.15) is 20.8 Å². The smallest absolute Gasteiger partial charge is 0.293 e. The van der Waals surface area contributed by atoms with Crippen molar-refractivity contribution < 1.29 is 9.72 Å². The number of non-ortho nitro benzene ring substituents is 1. The molecule has 1 amide bonds. The predicted octanol–water partition coefficient (Wildman–Crippen LogP) is 3.62. The minimum absolute atomic E-state index is 0.0811. The molecule has 0 aliphatic carbocycles. The molecule has 0 saturated heterocycles. The fourth-order valence-corrected chi connectivity index (χ4v) is 4.01. The Balaban J connectivity index is 1.73. The van der Waals surface area contributed by atoms with E-state index < -0.39 is 21.9 Å². The van der Waals surface area contributed by atoms with Crippen molar-refractivity contribution in [3.05, 3.63) is 68.4 Å². The second kappa shape index (κ2) is 8.00. The number of nitrogens with zero attached hydrogens (tertiary/aromatic N) is 5. The molecule has 0 bridgehead atoms. The zero-order valence-corrected chi connectivity index (χ0v) is 18.4. The van der Waals surface area contributed by atoms with Gasteiger partial charge in [-0.15, -0.1) is 11.3 Å². The highest BCUT2D eigenvalue weighted by atomic mass is 32.1. The maximum absolute atomic E-state index is 13.3. The van der Waals surface area contributed by atoms with Gasteiger partial charge in [0.05, 0.1) is 26.9 Å². The summed E-state index contributed by atoms with van der Waals surface area (Å²) in [7, 11) is 0. The number of amides is 1. The van der Waals surface area contributed by atoms with Crippen LogP contribution in [0.5, 0.6) is 0 Å². The number of carbonyl (C=O) groups excluding carboxylic acids is 1. The molecule has 0 unspecified atom stereocenters. The van der Waals surface area contributed by atoms with Gasteiger partial charge in [-0.2, -0.15) is 10.2 Å². The zero-order valence-electron chi connectivity index (χ0n) is 17.6. The molecule has 0 atom stereocenters. The van der Waals surface area contributed by atoms with E-state index in [1.54, 1.807) is 10.9 Å². The van der Waals surface area contributed by atoms with Crippen LogP contribution in [0, 0.1) is 10.1 Å². The average molecular weight is 452 g/mol. The van der Waals surface area contributed by atoms with Crippen LogP contribution in [0.25, 0.3) is 21.5 Å². The van der Waals surface area contributed by atoms with Gasteiger partial charge in [0.1, 0.15) is 17.8 Å². The number of hydrogen-bond donors (Lipinski definition) is 1. The first-order chi connectivity index (χ1) is 15.1. The monoisotopic (exact) mass is 452 g/mol. The lowest BCUT2D eigenvalue weighted by molar-refractivity contribution is -0.384. The third kappa shape index (κ3) is 4.02.